The minimum absolute atomic E-state index is 0.00161. The Morgan fingerprint density at radius 3 is 2.86 bits per heavy atom. The standard InChI is InChI=1S/C13H18FN5O2/c14-9-4-1-5-10(18-13(17)19-12(15)16)11(9)21-7-8-3-2-6-20-8/h1,4-5,8H,2-3,6-7H2,(H6,15,16,17,18,19). The fourth-order valence-corrected chi connectivity index (χ4v) is 1.96. The number of nitrogens with two attached hydrogens (primary N) is 3. The Hall–Kier alpha value is -2.35. The van der Waals surface area contributed by atoms with Crippen LogP contribution in [0.2, 0.25) is 0 Å². The number of hydrogen-bond donors (Lipinski definition) is 3. The van der Waals surface area contributed by atoms with E-state index < -0.39 is 5.82 Å². The maximum absolute atomic E-state index is 13.9. The molecule has 7 nitrogen and oxygen atoms in total. The van der Waals surface area contributed by atoms with E-state index in [1.165, 1.54) is 12.1 Å². The van der Waals surface area contributed by atoms with Crippen LogP contribution in [0.25, 0.3) is 0 Å². The molecule has 1 saturated heterocycles. The molecule has 0 bridgehead atoms. The Kier molecular flexibility index (Phi) is 4.94. The third-order valence-electron chi connectivity index (χ3n) is 2.86. The van der Waals surface area contributed by atoms with Crippen LogP contribution in [-0.2, 0) is 4.74 Å². The zero-order valence-corrected chi connectivity index (χ0v) is 11.5. The average Bonchev–Trinajstić information content (AvgIpc) is 2.90. The predicted molar refractivity (Wildman–Crippen MR) is 78.0 cm³/mol. The molecule has 0 aromatic heterocycles. The highest BCUT2D eigenvalue weighted by atomic mass is 19.1. The van der Waals surface area contributed by atoms with Gasteiger partial charge in [0.1, 0.15) is 12.3 Å². The van der Waals surface area contributed by atoms with Gasteiger partial charge in [-0.3, -0.25) is 0 Å². The van der Waals surface area contributed by atoms with Crippen molar-refractivity contribution < 1.29 is 13.9 Å². The van der Waals surface area contributed by atoms with Gasteiger partial charge in [0, 0.05) is 6.61 Å². The van der Waals surface area contributed by atoms with Gasteiger partial charge in [-0.15, -0.1) is 0 Å². The highest BCUT2D eigenvalue weighted by molar-refractivity contribution is 5.93. The zero-order valence-electron chi connectivity index (χ0n) is 11.5. The van der Waals surface area contributed by atoms with E-state index in [-0.39, 0.29) is 36.1 Å². The van der Waals surface area contributed by atoms with E-state index in [1.54, 1.807) is 6.07 Å². The quantitative estimate of drug-likeness (QED) is 0.555. The lowest BCUT2D eigenvalue weighted by molar-refractivity contribution is 0.0668. The van der Waals surface area contributed by atoms with Crippen molar-refractivity contribution in [2.45, 2.75) is 18.9 Å². The van der Waals surface area contributed by atoms with Crippen molar-refractivity contribution in [3.8, 4) is 5.75 Å². The number of rotatable bonds is 4. The Morgan fingerprint density at radius 1 is 1.38 bits per heavy atom. The summed E-state index contributed by atoms with van der Waals surface area (Å²) in [6, 6.07) is 4.33. The number of guanidine groups is 2. The van der Waals surface area contributed by atoms with Crippen LogP contribution in [0.15, 0.2) is 28.2 Å². The van der Waals surface area contributed by atoms with Gasteiger partial charge in [-0.1, -0.05) is 6.07 Å². The first-order valence-electron chi connectivity index (χ1n) is 6.53. The molecule has 0 amide bonds. The number of aliphatic imine (C=N–C) groups is 2. The lowest BCUT2D eigenvalue weighted by Gasteiger charge is -2.13. The molecule has 1 unspecified atom stereocenters. The number of ether oxygens (including phenoxy) is 2. The number of nitrogens with zero attached hydrogens (tertiary/aromatic N) is 2. The van der Waals surface area contributed by atoms with Crippen molar-refractivity contribution in [1.82, 2.24) is 0 Å². The Bertz CT molecular complexity index is 551. The molecular formula is C13H18FN5O2. The number of benzene rings is 1. The van der Waals surface area contributed by atoms with Crippen LogP contribution in [0.1, 0.15) is 12.8 Å². The van der Waals surface area contributed by atoms with Crippen LogP contribution in [0.5, 0.6) is 5.75 Å². The second kappa shape index (κ2) is 6.89. The SMILES string of the molecule is NC(N)=NC(N)=Nc1cccc(F)c1OCC1CCCO1. The van der Waals surface area contributed by atoms with Gasteiger partial charge in [-0.05, 0) is 25.0 Å². The van der Waals surface area contributed by atoms with Gasteiger partial charge >= 0.3 is 0 Å². The summed E-state index contributed by atoms with van der Waals surface area (Å²) in [5, 5.41) is 0. The van der Waals surface area contributed by atoms with Crippen LogP contribution in [0.3, 0.4) is 0 Å². The first kappa shape index (κ1) is 15.0. The molecule has 114 valence electrons. The largest absolute Gasteiger partial charge is 0.486 e. The molecule has 0 radical (unpaired) electrons. The number of halogens is 1. The van der Waals surface area contributed by atoms with Crippen molar-refractivity contribution in [3.05, 3.63) is 24.0 Å². The van der Waals surface area contributed by atoms with E-state index in [1.807, 2.05) is 0 Å². The summed E-state index contributed by atoms with van der Waals surface area (Å²) < 4.78 is 24.8. The van der Waals surface area contributed by atoms with Crippen molar-refractivity contribution in [2.24, 2.45) is 27.2 Å². The van der Waals surface area contributed by atoms with Gasteiger partial charge in [0.2, 0.25) is 5.96 Å². The Balaban J connectivity index is 2.17. The fourth-order valence-electron chi connectivity index (χ4n) is 1.96. The third-order valence-corrected chi connectivity index (χ3v) is 2.86. The van der Waals surface area contributed by atoms with E-state index in [0.717, 1.165) is 12.8 Å². The highest BCUT2D eigenvalue weighted by Gasteiger charge is 2.18. The zero-order chi connectivity index (χ0) is 15.2. The normalized spacial score (nSPS) is 18.5. The molecular weight excluding hydrogens is 277 g/mol. The predicted octanol–water partition coefficient (Wildman–Crippen LogP) is 0.603. The Morgan fingerprint density at radius 2 is 2.19 bits per heavy atom. The molecule has 1 aromatic carbocycles. The summed E-state index contributed by atoms with van der Waals surface area (Å²) in [6.45, 7) is 0.958. The van der Waals surface area contributed by atoms with Crippen molar-refractivity contribution >= 4 is 17.6 Å². The average molecular weight is 295 g/mol. The van der Waals surface area contributed by atoms with E-state index in [2.05, 4.69) is 9.98 Å². The lowest BCUT2D eigenvalue weighted by Crippen LogP contribution is -2.26. The topological polar surface area (TPSA) is 121 Å². The molecule has 2 rings (SSSR count). The monoisotopic (exact) mass is 295 g/mol. The van der Waals surface area contributed by atoms with Crippen molar-refractivity contribution in [3.63, 3.8) is 0 Å². The maximum atomic E-state index is 13.9. The van der Waals surface area contributed by atoms with Crippen LogP contribution in [0, 0.1) is 5.82 Å². The minimum atomic E-state index is -0.535. The highest BCUT2D eigenvalue weighted by Crippen LogP contribution is 2.31. The van der Waals surface area contributed by atoms with Gasteiger partial charge in [0.25, 0.3) is 0 Å². The first-order valence-corrected chi connectivity index (χ1v) is 6.53. The van der Waals surface area contributed by atoms with E-state index in [9.17, 15) is 4.39 Å². The molecule has 21 heavy (non-hydrogen) atoms. The van der Waals surface area contributed by atoms with Crippen LogP contribution < -0.4 is 21.9 Å². The van der Waals surface area contributed by atoms with Gasteiger partial charge < -0.3 is 26.7 Å². The lowest BCUT2D eigenvalue weighted by atomic mass is 10.2. The Labute approximate surface area is 121 Å². The van der Waals surface area contributed by atoms with E-state index in [0.29, 0.717) is 6.61 Å². The molecule has 0 aliphatic carbocycles. The number of para-hydroxylation sites is 1. The second-order valence-corrected chi connectivity index (χ2v) is 4.54. The van der Waals surface area contributed by atoms with Gasteiger partial charge in [0.05, 0.1) is 6.10 Å². The summed E-state index contributed by atoms with van der Waals surface area (Å²) in [5.41, 5.74) is 16.2. The third kappa shape index (κ3) is 4.32. The van der Waals surface area contributed by atoms with E-state index in [4.69, 9.17) is 26.7 Å². The second-order valence-electron chi connectivity index (χ2n) is 4.54. The van der Waals surface area contributed by atoms with Crippen LogP contribution in [-0.4, -0.2) is 31.2 Å². The minimum Gasteiger partial charge on any atom is -0.486 e. The molecule has 6 N–H and O–H groups in total. The summed E-state index contributed by atoms with van der Waals surface area (Å²) in [4.78, 5) is 7.52. The molecule has 1 aromatic rings. The smallest absolute Gasteiger partial charge is 0.223 e. The molecule has 1 atom stereocenters. The molecule has 0 saturated carbocycles. The van der Waals surface area contributed by atoms with Gasteiger partial charge in [-0.2, -0.15) is 4.99 Å². The molecule has 1 fully saturated rings. The molecule has 8 heteroatoms. The van der Waals surface area contributed by atoms with Crippen LogP contribution >= 0.6 is 0 Å². The molecule has 1 aliphatic rings. The van der Waals surface area contributed by atoms with Gasteiger partial charge in [-0.25, -0.2) is 9.38 Å². The van der Waals surface area contributed by atoms with Crippen molar-refractivity contribution in [1.29, 1.82) is 0 Å². The number of hydrogen-bond acceptors (Lipinski definition) is 3. The summed E-state index contributed by atoms with van der Waals surface area (Å²) in [6.07, 6.45) is 1.84. The van der Waals surface area contributed by atoms with E-state index >= 15 is 0 Å². The van der Waals surface area contributed by atoms with Gasteiger partial charge in [0.15, 0.2) is 17.5 Å². The van der Waals surface area contributed by atoms with Crippen molar-refractivity contribution in [2.75, 3.05) is 13.2 Å². The van der Waals surface area contributed by atoms with Crippen LogP contribution in [0.4, 0.5) is 10.1 Å². The summed E-state index contributed by atoms with van der Waals surface area (Å²) in [7, 11) is 0. The summed E-state index contributed by atoms with van der Waals surface area (Å²) >= 11 is 0. The maximum Gasteiger partial charge on any atom is 0.223 e. The molecule has 0 spiro atoms. The summed E-state index contributed by atoms with van der Waals surface area (Å²) in [5.74, 6) is -0.939. The molecule has 1 heterocycles. The molecule has 1 aliphatic heterocycles. The first-order chi connectivity index (χ1) is 10.1. The fraction of sp³-hybridized carbons (Fsp3) is 0.385.